The molecular weight excluding hydrogens is 221 g/mol. The van der Waals surface area contributed by atoms with E-state index in [1.165, 1.54) is 13.2 Å². The molecule has 1 rings (SSSR count). The fourth-order valence-electron chi connectivity index (χ4n) is 1.80. The largest absolute Gasteiger partial charge is 0.496 e. The third kappa shape index (κ3) is 3.41. The van der Waals surface area contributed by atoms with E-state index >= 15 is 0 Å². The lowest BCUT2D eigenvalue weighted by Gasteiger charge is -2.21. The number of aliphatic hydroxyl groups is 1. The summed E-state index contributed by atoms with van der Waals surface area (Å²) >= 11 is 0. The minimum absolute atomic E-state index is 0.249. The number of hydrogen-bond acceptors (Lipinski definition) is 3. The second-order valence-corrected chi connectivity index (χ2v) is 4.09. The molecule has 2 atom stereocenters. The van der Waals surface area contributed by atoms with Gasteiger partial charge >= 0.3 is 0 Å². The lowest BCUT2D eigenvalue weighted by molar-refractivity contribution is 0.129. The first-order chi connectivity index (χ1) is 8.11. The first-order valence-corrected chi connectivity index (χ1v) is 5.87. The molecule has 17 heavy (non-hydrogen) atoms. The number of aliphatic hydroxyl groups excluding tert-OH is 1. The summed E-state index contributed by atoms with van der Waals surface area (Å²) in [6.07, 6.45) is 1.65. The van der Waals surface area contributed by atoms with Gasteiger partial charge in [0.25, 0.3) is 0 Å². The van der Waals surface area contributed by atoms with Gasteiger partial charge in [-0.05, 0) is 18.6 Å². The summed E-state index contributed by atoms with van der Waals surface area (Å²) in [7, 11) is 1.46. The Bertz CT molecular complexity index is 357. The number of rotatable bonds is 6. The predicted octanol–water partition coefficient (Wildman–Crippen LogP) is 2.39. The normalized spacial score (nSPS) is 14.4. The van der Waals surface area contributed by atoms with Gasteiger partial charge in [-0.2, -0.15) is 0 Å². The molecule has 0 bridgehead atoms. The molecule has 0 aromatic heterocycles. The molecular formula is C13H20FNO2. The van der Waals surface area contributed by atoms with E-state index in [0.29, 0.717) is 12.2 Å². The quantitative estimate of drug-likeness (QED) is 0.804. The van der Waals surface area contributed by atoms with E-state index in [4.69, 9.17) is 10.5 Å². The van der Waals surface area contributed by atoms with Crippen LogP contribution in [0.3, 0.4) is 0 Å². The number of hydrogen-bond donors (Lipinski definition) is 2. The van der Waals surface area contributed by atoms with Crippen LogP contribution in [0.1, 0.15) is 37.8 Å². The van der Waals surface area contributed by atoms with Crippen LogP contribution in [0, 0.1) is 5.82 Å². The van der Waals surface area contributed by atoms with E-state index in [0.717, 1.165) is 12.8 Å². The molecule has 0 saturated heterocycles. The average Bonchev–Trinajstić information content (AvgIpc) is 2.34. The predicted molar refractivity (Wildman–Crippen MR) is 65.4 cm³/mol. The van der Waals surface area contributed by atoms with Gasteiger partial charge in [0.1, 0.15) is 11.6 Å². The summed E-state index contributed by atoms with van der Waals surface area (Å²) < 4.78 is 18.8. The third-order valence-corrected chi connectivity index (χ3v) is 2.83. The van der Waals surface area contributed by atoms with E-state index in [1.54, 1.807) is 12.1 Å². The first kappa shape index (κ1) is 13.9. The molecule has 0 spiro atoms. The highest BCUT2D eigenvalue weighted by molar-refractivity contribution is 5.37. The highest BCUT2D eigenvalue weighted by Gasteiger charge is 2.23. The van der Waals surface area contributed by atoms with Crippen molar-refractivity contribution in [2.75, 3.05) is 7.11 Å². The zero-order chi connectivity index (χ0) is 12.8. The van der Waals surface area contributed by atoms with Crippen molar-refractivity contribution in [2.45, 2.75) is 38.3 Å². The van der Waals surface area contributed by atoms with Gasteiger partial charge in [-0.15, -0.1) is 0 Å². The zero-order valence-electron chi connectivity index (χ0n) is 10.3. The van der Waals surface area contributed by atoms with Crippen LogP contribution in [0.25, 0.3) is 0 Å². The Morgan fingerprint density at radius 3 is 2.76 bits per heavy atom. The fraction of sp³-hybridized carbons (Fsp3) is 0.538. The van der Waals surface area contributed by atoms with Gasteiger partial charge in [0.05, 0.1) is 19.3 Å². The van der Waals surface area contributed by atoms with Gasteiger partial charge in [-0.3, -0.25) is 0 Å². The van der Waals surface area contributed by atoms with Crippen molar-refractivity contribution >= 4 is 0 Å². The van der Waals surface area contributed by atoms with Crippen molar-refractivity contribution in [3.05, 3.63) is 29.6 Å². The van der Waals surface area contributed by atoms with Gasteiger partial charge in [0.2, 0.25) is 0 Å². The second kappa shape index (κ2) is 6.57. The maximum absolute atomic E-state index is 13.7. The monoisotopic (exact) mass is 241 g/mol. The summed E-state index contributed by atoms with van der Waals surface area (Å²) in [4.78, 5) is 0. The van der Waals surface area contributed by atoms with Crippen molar-refractivity contribution in [2.24, 2.45) is 5.73 Å². The minimum atomic E-state index is -0.752. The zero-order valence-corrected chi connectivity index (χ0v) is 10.3. The van der Waals surface area contributed by atoms with E-state index in [-0.39, 0.29) is 5.56 Å². The highest BCUT2D eigenvalue weighted by atomic mass is 19.1. The summed E-state index contributed by atoms with van der Waals surface area (Å²) in [6.45, 7) is 2.03. The van der Waals surface area contributed by atoms with Gasteiger partial charge < -0.3 is 15.6 Å². The van der Waals surface area contributed by atoms with E-state index in [2.05, 4.69) is 0 Å². The number of methoxy groups -OCH3 is 1. The number of unbranched alkanes of at least 4 members (excludes halogenated alkanes) is 1. The van der Waals surface area contributed by atoms with Crippen molar-refractivity contribution < 1.29 is 14.2 Å². The average molecular weight is 241 g/mol. The second-order valence-electron chi connectivity index (χ2n) is 4.09. The van der Waals surface area contributed by atoms with Crippen LogP contribution in [0.5, 0.6) is 5.75 Å². The smallest absolute Gasteiger partial charge is 0.131 e. The number of ether oxygens (including phenoxy) is 1. The third-order valence-electron chi connectivity index (χ3n) is 2.83. The Labute approximate surface area is 101 Å². The van der Waals surface area contributed by atoms with Crippen LogP contribution < -0.4 is 10.5 Å². The molecule has 96 valence electrons. The molecule has 0 heterocycles. The molecule has 1 aromatic carbocycles. The lowest BCUT2D eigenvalue weighted by Crippen LogP contribution is -2.27. The van der Waals surface area contributed by atoms with Gasteiger partial charge in [-0.25, -0.2) is 4.39 Å². The molecule has 0 fully saturated rings. The molecule has 0 saturated carbocycles. The molecule has 3 nitrogen and oxygen atoms in total. The number of nitrogens with two attached hydrogens (primary N) is 1. The molecule has 0 aliphatic rings. The molecule has 0 unspecified atom stereocenters. The maximum Gasteiger partial charge on any atom is 0.131 e. The number of halogens is 1. The summed E-state index contributed by atoms with van der Waals surface area (Å²) in [5.74, 6) is -0.0551. The lowest BCUT2D eigenvalue weighted by atomic mass is 9.97. The summed E-state index contributed by atoms with van der Waals surface area (Å²) in [5.41, 5.74) is 6.14. The van der Waals surface area contributed by atoms with Crippen molar-refractivity contribution in [1.82, 2.24) is 0 Å². The molecule has 1 aromatic rings. The topological polar surface area (TPSA) is 55.5 Å². The standard InChI is InChI=1S/C13H20FNO2/c1-3-4-7-10(16)13(15)12-9(14)6-5-8-11(12)17-2/h5-6,8,10,13,16H,3-4,7,15H2,1-2H3/t10-,13-/m0/s1. The van der Waals surface area contributed by atoms with Crippen molar-refractivity contribution in [3.8, 4) is 5.75 Å². The molecule has 4 heteroatoms. The van der Waals surface area contributed by atoms with Crippen LogP contribution in [0.2, 0.25) is 0 Å². The van der Waals surface area contributed by atoms with Crippen LogP contribution in [-0.2, 0) is 0 Å². The summed E-state index contributed by atoms with van der Waals surface area (Å²) in [6, 6.07) is 3.77. The first-order valence-electron chi connectivity index (χ1n) is 5.87. The van der Waals surface area contributed by atoms with Crippen LogP contribution in [0.15, 0.2) is 18.2 Å². The van der Waals surface area contributed by atoms with Crippen molar-refractivity contribution in [1.29, 1.82) is 0 Å². The molecule has 0 aliphatic carbocycles. The Kier molecular flexibility index (Phi) is 5.38. The maximum atomic E-state index is 13.7. The fourth-order valence-corrected chi connectivity index (χ4v) is 1.80. The molecule has 0 radical (unpaired) electrons. The Morgan fingerprint density at radius 1 is 1.47 bits per heavy atom. The van der Waals surface area contributed by atoms with Crippen LogP contribution in [0.4, 0.5) is 4.39 Å². The van der Waals surface area contributed by atoms with Crippen molar-refractivity contribution in [3.63, 3.8) is 0 Å². The molecule has 0 amide bonds. The Hall–Kier alpha value is -1.13. The summed E-state index contributed by atoms with van der Waals surface area (Å²) in [5, 5.41) is 9.90. The van der Waals surface area contributed by atoms with E-state index in [1.807, 2.05) is 6.92 Å². The Balaban J connectivity index is 2.90. The number of benzene rings is 1. The van der Waals surface area contributed by atoms with Gasteiger partial charge in [0.15, 0.2) is 0 Å². The highest BCUT2D eigenvalue weighted by Crippen LogP contribution is 2.29. The van der Waals surface area contributed by atoms with Crippen LogP contribution in [-0.4, -0.2) is 18.3 Å². The van der Waals surface area contributed by atoms with Gasteiger partial charge in [-0.1, -0.05) is 25.8 Å². The Morgan fingerprint density at radius 2 is 2.18 bits per heavy atom. The van der Waals surface area contributed by atoms with E-state index in [9.17, 15) is 9.50 Å². The van der Waals surface area contributed by atoms with Crippen LogP contribution >= 0.6 is 0 Å². The molecule has 3 N–H and O–H groups in total. The van der Waals surface area contributed by atoms with E-state index < -0.39 is 18.0 Å². The molecule has 0 aliphatic heterocycles. The minimum Gasteiger partial charge on any atom is -0.496 e. The van der Waals surface area contributed by atoms with Gasteiger partial charge in [0, 0.05) is 5.56 Å². The SMILES string of the molecule is CCCC[C@H](O)[C@H](N)c1c(F)cccc1OC.